The molecule has 1 heterocycles. The number of benzene rings is 1. The Morgan fingerprint density at radius 2 is 1.90 bits per heavy atom. The number of nitrogens with zero attached hydrogens (tertiary/aromatic N) is 1. The molecule has 0 amide bonds. The highest BCUT2D eigenvalue weighted by Gasteiger charge is 2.33. The van der Waals surface area contributed by atoms with Crippen LogP contribution in [0.5, 0.6) is 0 Å². The summed E-state index contributed by atoms with van der Waals surface area (Å²) in [4.78, 5) is 2.47. The second-order valence-corrected chi connectivity index (χ2v) is 6.30. The molecule has 110 valence electrons. The van der Waals surface area contributed by atoms with Crippen LogP contribution in [0.1, 0.15) is 44.1 Å². The van der Waals surface area contributed by atoms with Gasteiger partial charge in [-0.05, 0) is 68.3 Å². The quantitative estimate of drug-likeness (QED) is 0.915. The van der Waals surface area contributed by atoms with Gasteiger partial charge in [0.05, 0.1) is 0 Å². The van der Waals surface area contributed by atoms with Crippen LogP contribution in [0.4, 0.5) is 10.1 Å². The normalized spacial score (nSPS) is 26.4. The van der Waals surface area contributed by atoms with Crippen molar-refractivity contribution in [2.75, 3.05) is 18.0 Å². The molecule has 1 aliphatic carbocycles. The molecule has 2 atom stereocenters. The van der Waals surface area contributed by atoms with E-state index >= 15 is 0 Å². The van der Waals surface area contributed by atoms with Gasteiger partial charge in [-0.1, -0.05) is 12.8 Å². The van der Waals surface area contributed by atoms with E-state index < -0.39 is 0 Å². The van der Waals surface area contributed by atoms with Crippen molar-refractivity contribution in [3.8, 4) is 0 Å². The van der Waals surface area contributed by atoms with E-state index in [-0.39, 0.29) is 5.82 Å². The number of nitrogens with two attached hydrogens (primary N) is 1. The Morgan fingerprint density at radius 1 is 1.10 bits per heavy atom. The van der Waals surface area contributed by atoms with E-state index in [2.05, 4.69) is 11.0 Å². The highest BCUT2D eigenvalue weighted by atomic mass is 19.1. The van der Waals surface area contributed by atoms with Gasteiger partial charge in [0.2, 0.25) is 0 Å². The zero-order chi connectivity index (χ0) is 13.9. The van der Waals surface area contributed by atoms with Crippen molar-refractivity contribution < 1.29 is 4.39 Å². The molecule has 20 heavy (non-hydrogen) atoms. The summed E-state index contributed by atoms with van der Waals surface area (Å²) < 4.78 is 13.9. The standard InChI is InChI=1S/C17H25FN2/c18-15-10-13(7-8-19)11-16(12-15)20-9-3-5-14-4-1-2-6-17(14)20/h10-12,14,17H,1-9,19H2. The van der Waals surface area contributed by atoms with Crippen LogP contribution in [0.25, 0.3) is 0 Å². The summed E-state index contributed by atoms with van der Waals surface area (Å²) >= 11 is 0. The van der Waals surface area contributed by atoms with Gasteiger partial charge < -0.3 is 10.6 Å². The fourth-order valence-corrected chi connectivity index (χ4v) is 4.06. The van der Waals surface area contributed by atoms with E-state index in [9.17, 15) is 4.39 Å². The molecule has 0 spiro atoms. The number of anilines is 1. The first-order valence-corrected chi connectivity index (χ1v) is 8.04. The molecule has 3 heteroatoms. The van der Waals surface area contributed by atoms with Crippen LogP contribution in [0.3, 0.4) is 0 Å². The molecule has 2 nitrogen and oxygen atoms in total. The molecule has 0 bridgehead atoms. The predicted octanol–water partition coefficient (Wildman–Crippen LogP) is 3.49. The monoisotopic (exact) mass is 276 g/mol. The molecule has 1 saturated heterocycles. The first-order chi connectivity index (χ1) is 9.78. The summed E-state index contributed by atoms with van der Waals surface area (Å²) in [6.07, 6.45) is 8.67. The van der Waals surface area contributed by atoms with Crippen LogP contribution in [0, 0.1) is 11.7 Å². The van der Waals surface area contributed by atoms with Crippen molar-refractivity contribution in [3.05, 3.63) is 29.6 Å². The third-order valence-corrected chi connectivity index (χ3v) is 4.95. The molecule has 2 aliphatic rings. The number of rotatable bonds is 3. The Kier molecular flexibility index (Phi) is 4.25. The first-order valence-electron chi connectivity index (χ1n) is 8.04. The minimum Gasteiger partial charge on any atom is -0.368 e. The van der Waals surface area contributed by atoms with Gasteiger partial charge in [-0.15, -0.1) is 0 Å². The fraction of sp³-hybridized carbons (Fsp3) is 0.647. The number of piperidine rings is 1. The molecular weight excluding hydrogens is 251 g/mol. The summed E-state index contributed by atoms with van der Waals surface area (Å²) in [7, 11) is 0. The lowest BCUT2D eigenvalue weighted by atomic mass is 9.78. The van der Waals surface area contributed by atoms with E-state index in [1.54, 1.807) is 12.1 Å². The summed E-state index contributed by atoms with van der Waals surface area (Å²) in [5.41, 5.74) is 7.71. The summed E-state index contributed by atoms with van der Waals surface area (Å²) in [5.74, 6) is 0.697. The minimum atomic E-state index is -0.121. The van der Waals surface area contributed by atoms with Crippen LogP contribution in [0.15, 0.2) is 18.2 Å². The minimum absolute atomic E-state index is 0.121. The maximum absolute atomic E-state index is 13.9. The summed E-state index contributed by atoms with van der Waals surface area (Å²) in [6, 6.07) is 6.10. The largest absolute Gasteiger partial charge is 0.368 e. The van der Waals surface area contributed by atoms with E-state index in [0.717, 1.165) is 30.1 Å². The van der Waals surface area contributed by atoms with Crippen LogP contribution in [-0.4, -0.2) is 19.1 Å². The van der Waals surface area contributed by atoms with Crippen molar-refractivity contribution in [3.63, 3.8) is 0 Å². The summed E-state index contributed by atoms with van der Waals surface area (Å²) in [6.45, 7) is 1.65. The van der Waals surface area contributed by atoms with Gasteiger partial charge in [-0.25, -0.2) is 4.39 Å². The molecule has 1 aliphatic heterocycles. The summed E-state index contributed by atoms with van der Waals surface area (Å²) in [5, 5.41) is 0. The SMILES string of the molecule is NCCc1cc(F)cc(N2CCCC3CCCCC32)c1. The average Bonchev–Trinajstić information content (AvgIpc) is 2.46. The Balaban J connectivity index is 1.86. The zero-order valence-corrected chi connectivity index (χ0v) is 12.2. The predicted molar refractivity (Wildman–Crippen MR) is 81.5 cm³/mol. The second-order valence-electron chi connectivity index (χ2n) is 6.30. The van der Waals surface area contributed by atoms with Crippen molar-refractivity contribution in [1.29, 1.82) is 0 Å². The molecule has 0 aromatic heterocycles. The van der Waals surface area contributed by atoms with E-state index in [4.69, 9.17) is 5.73 Å². The van der Waals surface area contributed by atoms with Crippen LogP contribution in [0.2, 0.25) is 0 Å². The topological polar surface area (TPSA) is 29.3 Å². The molecule has 1 saturated carbocycles. The smallest absolute Gasteiger partial charge is 0.125 e. The molecular formula is C17H25FN2. The van der Waals surface area contributed by atoms with Crippen LogP contribution in [-0.2, 0) is 6.42 Å². The maximum Gasteiger partial charge on any atom is 0.125 e. The van der Waals surface area contributed by atoms with Gasteiger partial charge >= 0.3 is 0 Å². The fourth-order valence-electron chi connectivity index (χ4n) is 4.06. The number of halogens is 1. The number of hydrogen-bond acceptors (Lipinski definition) is 2. The molecule has 2 unspecified atom stereocenters. The molecule has 1 aromatic carbocycles. The van der Waals surface area contributed by atoms with Gasteiger partial charge in [0.15, 0.2) is 0 Å². The zero-order valence-electron chi connectivity index (χ0n) is 12.2. The number of fused-ring (bicyclic) bond motifs is 1. The van der Waals surface area contributed by atoms with Crippen molar-refractivity contribution in [2.24, 2.45) is 11.7 Å². The van der Waals surface area contributed by atoms with Crippen LogP contribution >= 0.6 is 0 Å². The molecule has 2 N–H and O–H groups in total. The third-order valence-electron chi connectivity index (χ3n) is 4.95. The first kappa shape index (κ1) is 13.9. The maximum atomic E-state index is 13.9. The van der Waals surface area contributed by atoms with E-state index in [1.807, 2.05) is 0 Å². The third kappa shape index (κ3) is 2.83. The van der Waals surface area contributed by atoms with Gasteiger partial charge in [-0.2, -0.15) is 0 Å². The Morgan fingerprint density at radius 3 is 2.75 bits per heavy atom. The molecule has 0 radical (unpaired) electrons. The Hall–Kier alpha value is -1.09. The number of hydrogen-bond donors (Lipinski definition) is 1. The Bertz CT molecular complexity index is 458. The molecule has 1 aromatic rings. The van der Waals surface area contributed by atoms with Gasteiger partial charge in [0.25, 0.3) is 0 Å². The molecule has 2 fully saturated rings. The van der Waals surface area contributed by atoms with Gasteiger partial charge in [0, 0.05) is 18.3 Å². The lowest BCUT2D eigenvalue weighted by molar-refractivity contribution is 0.243. The van der Waals surface area contributed by atoms with Crippen LogP contribution < -0.4 is 10.6 Å². The van der Waals surface area contributed by atoms with Crippen molar-refractivity contribution >= 4 is 5.69 Å². The van der Waals surface area contributed by atoms with E-state index in [1.165, 1.54) is 38.5 Å². The Labute approximate surface area is 121 Å². The molecule has 3 rings (SSSR count). The second kappa shape index (κ2) is 6.13. The van der Waals surface area contributed by atoms with Gasteiger partial charge in [0.1, 0.15) is 5.82 Å². The lowest BCUT2D eigenvalue weighted by Crippen LogP contribution is -2.47. The van der Waals surface area contributed by atoms with Crippen molar-refractivity contribution in [2.45, 2.75) is 51.0 Å². The highest BCUT2D eigenvalue weighted by Crippen LogP contribution is 2.38. The van der Waals surface area contributed by atoms with E-state index in [0.29, 0.717) is 12.6 Å². The lowest BCUT2D eigenvalue weighted by Gasteiger charge is -2.45. The van der Waals surface area contributed by atoms with Gasteiger partial charge in [-0.3, -0.25) is 0 Å². The van der Waals surface area contributed by atoms with Crippen molar-refractivity contribution in [1.82, 2.24) is 0 Å². The highest BCUT2D eigenvalue weighted by molar-refractivity contribution is 5.51. The average molecular weight is 276 g/mol.